The highest BCUT2D eigenvalue weighted by Crippen LogP contribution is 2.40. The summed E-state index contributed by atoms with van der Waals surface area (Å²) in [5.74, 6) is -3.19. The number of rotatable bonds is 2. The minimum absolute atomic E-state index is 0.0256. The summed E-state index contributed by atoms with van der Waals surface area (Å²) in [6, 6.07) is 1.82. The number of aliphatic hydroxyl groups is 1. The number of carbonyl (C=O) groups is 1. The SMILES string of the molecule is C[C@H]1COc2cc(-c3noc(C(F)(F)F)n3)cc(F)c2CN1C(=O)C1(O)CC1. The van der Waals surface area contributed by atoms with Crippen molar-refractivity contribution in [3.05, 3.63) is 29.4 Å². The Morgan fingerprint density at radius 3 is 2.68 bits per heavy atom. The smallest absolute Gasteiger partial charge is 0.471 e. The third kappa shape index (κ3) is 3.19. The predicted octanol–water partition coefficient (Wildman–Crippen LogP) is 2.53. The predicted molar refractivity (Wildman–Crippen MR) is 84.4 cm³/mol. The Morgan fingerprint density at radius 1 is 1.36 bits per heavy atom. The second-order valence-electron chi connectivity index (χ2n) is 6.98. The molecule has 1 fully saturated rings. The summed E-state index contributed by atoms with van der Waals surface area (Å²) in [4.78, 5) is 17.1. The second-order valence-corrected chi connectivity index (χ2v) is 6.98. The van der Waals surface area contributed by atoms with Crippen molar-refractivity contribution in [2.75, 3.05) is 6.61 Å². The molecule has 1 aromatic carbocycles. The van der Waals surface area contributed by atoms with Crippen LogP contribution in [0.4, 0.5) is 17.6 Å². The zero-order chi connectivity index (χ0) is 20.3. The summed E-state index contributed by atoms with van der Waals surface area (Å²) in [7, 11) is 0. The normalized spacial score (nSPS) is 20.9. The summed E-state index contributed by atoms with van der Waals surface area (Å²) < 4.78 is 62.4. The Labute approximate surface area is 155 Å². The molecule has 11 heteroatoms. The summed E-state index contributed by atoms with van der Waals surface area (Å²) in [6.45, 7) is 1.59. The van der Waals surface area contributed by atoms with Crippen LogP contribution in [0.3, 0.4) is 0 Å². The molecule has 2 aliphatic rings. The first kappa shape index (κ1) is 18.7. The molecule has 2 aromatic rings. The van der Waals surface area contributed by atoms with Crippen molar-refractivity contribution in [3.63, 3.8) is 0 Å². The summed E-state index contributed by atoms with van der Waals surface area (Å²) >= 11 is 0. The van der Waals surface area contributed by atoms with Crippen LogP contribution in [0.25, 0.3) is 11.4 Å². The Kier molecular flexibility index (Phi) is 4.11. The number of amides is 1. The third-order valence-corrected chi connectivity index (χ3v) is 4.80. The molecule has 1 atom stereocenters. The van der Waals surface area contributed by atoms with Gasteiger partial charge in [0.05, 0.1) is 12.6 Å². The van der Waals surface area contributed by atoms with Gasteiger partial charge in [0.15, 0.2) is 0 Å². The zero-order valence-corrected chi connectivity index (χ0v) is 14.6. The molecule has 1 aliphatic carbocycles. The topological polar surface area (TPSA) is 88.7 Å². The van der Waals surface area contributed by atoms with Gasteiger partial charge in [-0.15, -0.1) is 0 Å². The Balaban J connectivity index is 1.67. The van der Waals surface area contributed by atoms with E-state index in [-0.39, 0.29) is 30.0 Å². The number of halogens is 4. The fraction of sp³-hybridized carbons (Fsp3) is 0.471. The first-order valence-corrected chi connectivity index (χ1v) is 8.48. The van der Waals surface area contributed by atoms with Gasteiger partial charge >= 0.3 is 12.1 Å². The van der Waals surface area contributed by atoms with Crippen LogP contribution in [-0.2, 0) is 17.5 Å². The molecule has 2 heterocycles. The lowest BCUT2D eigenvalue weighted by Gasteiger charge is -2.28. The van der Waals surface area contributed by atoms with Gasteiger partial charge in [0.25, 0.3) is 5.91 Å². The molecule has 0 spiro atoms. The van der Waals surface area contributed by atoms with Crippen molar-refractivity contribution in [1.82, 2.24) is 15.0 Å². The van der Waals surface area contributed by atoms with Crippen LogP contribution in [0, 0.1) is 5.82 Å². The molecular formula is C17H15F4N3O4. The molecule has 28 heavy (non-hydrogen) atoms. The number of hydrogen-bond acceptors (Lipinski definition) is 6. The standard InChI is InChI=1S/C17H15F4N3O4/c1-8-7-27-12-5-9(13-22-14(28-23-13)17(19,20)21)4-11(18)10(12)6-24(8)15(25)16(26)2-3-16/h4-5,8,26H,2-3,6-7H2,1H3/t8-/m0/s1. The summed E-state index contributed by atoms with van der Waals surface area (Å²) in [5, 5.41) is 13.3. The number of nitrogens with zero attached hydrogens (tertiary/aromatic N) is 3. The maximum absolute atomic E-state index is 14.7. The third-order valence-electron chi connectivity index (χ3n) is 4.80. The van der Waals surface area contributed by atoms with Gasteiger partial charge < -0.3 is 19.3 Å². The lowest BCUT2D eigenvalue weighted by atomic mass is 10.1. The van der Waals surface area contributed by atoms with Crippen LogP contribution in [0.1, 0.15) is 31.2 Å². The maximum atomic E-state index is 14.7. The van der Waals surface area contributed by atoms with E-state index < -0.39 is 41.3 Å². The summed E-state index contributed by atoms with van der Waals surface area (Å²) in [6.07, 6.45) is -4.11. The number of hydrogen-bond donors (Lipinski definition) is 1. The minimum atomic E-state index is -4.81. The van der Waals surface area contributed by atoms with Gasteiger partial charge in [0.2, 0.25) is 5.82 Å². The molecule has 4 rings (SSSR count). The van der Waals surface area contributed by atoms with E-state index in [0.29, 0.717) is 12.8 Å². The molecule has 1 amide bonds. The van der Waals surface area contributed by atoms with Crippen LogP contribution < -0.4 is 4.74 Å². The van der Waals surface area contributed by atoms with Crippen molar-refractivity contribution in [2.45, 2.75) is 44.1 Å². The molecule has 1 saturated carbocycles. The van der Waals surface area contributed by atoms with Gasteiger partial charge in [0.1, 0.15) is 23.8 Å². The Hall–Kier alpha value is -2.69. The van der Waals surface area contributed by atoms with Crippen molar-refractivity contribution in [2.24, 2.45) is 0 Å². The van der Waals surface area contributed by atoms with Crippen molar-refractivity contribution in [1.29, 1.82) is 0 Å². The lowest BCUT2D eigenvalue weighted by Crippen LogP contribution is -2.46. The van der Waals surface area contributed by atoms with E-state index in [2.05, 4.69) is 14.7 Å². The Bertz CT molecular complexity index is 939. The van der Waals surface area contributed by atoms with E-state index in [1.807, 2.05) is 0 Å². The van der Waals surface area contributed by atoms with Gasteiger partial charge in [-0.25, -0.2) is 4.39 Å². The van der Waals surface area contributed by atoms with Crippen molar-refractivity contribution >= 4 is 5.91 Å². The molecule has 7 nitrogen and oxygen atoms in total. The van der Waals surface area contributed by atoms with E-state index in [9.17, 15) is 27.5 Å². The average molecular weight is 401 g/mol. The van der Waals surface area contributed by atoms with Gasteiger partial charge in [0, 0.05) is 11.1 Å². The molecule has 1 aromatic heterocycles. The molecule has 0 bridgehead atoms. The molecule has 150 valence electrons. The molecule has 1 aliphatic heterocycles. The minimum Gasteiger partial charge on any atom is -0.491 e. The zero-order valence-electron chi connectivity index (χ0n) is 14.6. The first-order valence-electron chi connectivity index (χ1n) is 8.48. The van der Waals surface area contributed by atoms with Gasteiger partial charge in [-0.2, -0.15) is 18.2 Å². The van der Waals surface area contributed by atoms with Crippen molar-refractivity contribution < 1.29 is 36.7 Å². The monoisotopic (exact) mass is 401 g/mol. The highest BCUT2D eigenvalue weighted by molar-refractivity contribution is 5.88. The fourth-order valence-electron chi connectivity index (χ4n) is 2.98. The maximum Gasteiger partial charge on any atom is 0.471 e. The van der Waals surface area contributed by atoms with E-state index >= 15 is 0 Å². The highest BCUT2D eigenvalue weighted by atomic mass is 19.4. The number of aromatic nitrogens is 2. The molecule has 0 saturated heterocycles. The van der Waals surface area contributed by atoms with Crippen molar-refractivity contribution in [3.8, 4) is 17.1 Å². The number of ether oxygens (including phenoxy) is 1. The fourth-order valence-corrected chi connectivity index (χ4v) is 2.98. The van der Waals surface area contributed by atoms with Crippen LogP contribution in [0.15, 0.2) is 16.7 Å². The van der Waals surface area contributed by atoms with Crippen LogP contribution >= 0.6 is 0 Å². The second kappa shape index (κ2) is 6.16. The molecule has 0 radical (unpaired) electrons. The van der Waals surface area contributed by atoms with Gasteiger partial charge in [-0.3, -0.25) is 4.79 Å². The van der Waals surface area contributed by atoms with Gasteiger partial charge in [-0.1, -0.05) is 5.16 Å². The van der Waals surface area contributed by atoms with Crippen LogP contribution in [-0.4, -0.2) is 44.3 Å². The van der Waals surface area contributed by atoms with E-state index in [1.54, 1.807) is 6.92 Å². The van der Waals surface area contributed by atoms with Gasteiger partial charge in [-0.05, 0) is 31.9 Å². The average Bonchev–Trinajstić information content (AvgIpc) is 3.21. The molecular weight excluding hydrogens is 386 g/mol. The first-order chi connectivity index (χ1) is 13.1. The largest absolute Gasteiger partial charge is 0.491 e. The molecule has 0 unspecified atom stereocenters. The van der Waals surface area contributed by atoms with E-state index in [1.165, 1.54) is 11.0 Å². The lowest BCUT2D eigenvalue weighted by molar-refractivity contribution is -0.159. The number of carbonyl (C=O) groups excluding carboxylic acids is 1. The Morgan fingerprint density at radius 2 is 2.07 bits per heavy atom. The number of fused-ring (bicyclic) bond motifs is 1. The quantitative estimate of drug-likeness (QED) is 0.778. The van der Waals surface area contributed by atoms with E-state index in [0.717, 1.165) is 6.07 Å². The number of alkyl halides is 3. The molecule has 1 N–H and O–H groups in total. The van der Waals surface area contributed by atoms with Crippen LogP contribution in [0.5, 0.6) is 5.75 Å². The van der Waals surface area contributed by atoms with E-state index in [4.69, 9.17) is 4.74 Å². The highest BCUT2D eigenvalue weighted by Gasteiger charge is 2.51. The summed E-state index contributed by atoms with van der Waals surface area (Å²) in [5.41, 5.74) is -1.40. The van der Waals surface area contributed by atoms with Crippen LogP contribution in [0.2, 0.25) is 0 Å². The number of benzene rings is 1.